The predicted octanol–water partition coefficient (Wildman–Crippen LogP) is 2.11. The third-order valence-corrected chi connectivity index (χ3v) is 2.94. The number of rotatable bonds is 5. The molecule has 0 saturated carbocycles. The van der Waals surface area contributed by atoms with Gasteiger partial charge in [0.05, 0.1) is 7.11 Å². The maximum absolute atomic E-state index is 11.0. The Morgan fingerprint density at radius 2 is 1.95 bits per heavy atom. The Labute approximate surface area is 117 Å². The van der Waals surface area contributed by atoms with E-state index in [1.54, 1.807) is 49.6 Å². The van der Waals surface area contributed by atoms with Crippen molar-refractivity contribution in [2.24, 2.45) is 5.73 Å². The summed E-state index contributed by atoms with van der Waals surface area (Å²) in [6, 6.07) is 12.0. The minimum absolute atomic E-state index is 0.172. The predicted molar refractivity (Wildman–Crippen MR) is 76.9 cm³/mol. The average molecular weight is 272 g/mol. The van der Waals surface area contributed by atoms with Crippen molar-refractivity contribution in [1.29, 1.82) is 0 Å². The van der Waals surface area contributed by atoms with E-state index in [9.17, 15) is 9.90 Å². The van der Waals surface area contributed by atoms with Gasteiger partial charge in [-0.3, -0.25) is 4.79 Å². The van der Waals surface area contributed by atoms with Crippen molar-refractivity contribution in [2.45, 2.75) is 6.54 Å². The lowest BCUT2D eigenvalue weighted by molar-refractivity contribution is 0.100. The maximum Gasteiger partial charge on any atom is 0.248 e. The molecule has 2 rings (SSSR count). The van der Waals surface area contributed by atoms with Crippen LogP contribution < -0.4 is 15.8 Å². The van der Waals surface area contributed by atoms with Gasteiger partial charge in [0.25, 0.3) is 0 Å². The van der Waals surface area contributed by atoms with E-state index >= 15 is 0 Å². The number of hydrogen-bond acceptors (Lipinski definition) is 4. The normalized spacial score (nSPS) is 10.1. The number of phenols is 1. The van der Waals surface area contributed by atoms with Gasteiger partial charge in [0.15, 0.2) is 0 Å². The van der Waals surface area contributed by atoms with Gasteiger partial charge in [-0.25, -0.2) is 0 Å². The van der Waals surface area contributed by atoms with Crippen LogP contribution in [0.25, 0.3) is 0 Å². The van der Waals surface area contributed by atoms with Gasteiger partial charge in [-0.15, -0.1) is 0 Å². The fourth-order valence-corrected chi connectivity index (χ4v) is 1.77. The van der Waals surface area contributed by atoms with Crippen LogP contribution in [-0.4, -0.2) is 18.1 Å². The highest BCUT2D eigenvalue weighted by atomic mass is 16.5. The number of aromatic hydroxyl groups is 1. The quantitative estimate of drug-likeness (QED) is 0.778. The number of nitrogens with two attached hydrogens (primary N) is 1. The summed E-state index contributed by atoms with van der Waals surface area (Å²) in [6.45, 7) is 0.464. The Hall–Kier alpha value is -2.69. The molecule has 0 aromatic heterocycles. The van der Waals surface area contributed by atoms with E-state index in [1.807, 2.05) is 0 Å². The molecule has 4 N–H and O–H groups in total. The van der Waals surface area contributed by atoms with E-state index in [1.165, 1.54) is 0 Å². The lowest BCUT2D eigenvalue weighted by Crippen LogP contribution is -2.10. The number of nitrogens with one attached hydrogen (secondary N) is 1. The summed E-state index contributed by atoms with van der Waals surface area (Å²) >= 11 is 0. The summed E-state index contributed by atoms with van der Waals surface area (Å²) < 4.78 is 5.02. The summed E-state index contributed by atoms with van der Waals surface area (Å²) in [5.41, 5.74) is 7.23. The van der Waals surface area contributed by atoms with Crippen LogP contribution in [-0.2, 0) is 6.54 Å². The fraction of sp³-hybridized carbons (Fsp3) is 0.133. The second-order valence-corrected chi connectivity index (χ2v) is 4.29. The molecule has 0 saturated heterocycles. The van der Waals surface area contributed by atoms with Gasteiger partial charge in [0.2, 0.25) is 5.91 Å². The van der Waals surface area contributed by atoms with E-state index < -0.39 is 5.91 Å². The van der Waals surface area contributed by atoms with Crippen LogP contribution in [0.4, 0.5) is 5.69 Å². The van der Waals surface area contributed by atoms with E-state index in [-0.39, 0.29) is 5.75 Å². The number of carbonyl (C=O) groups excluding carboxylic acids is 1. The van der Waals surface area contributed by atoms with Crippen molar-refractivity contribution >= 4 is 11.6 Å². The summed E-state index contributed by atoms with van der Waals surface area (Å²) in [4.78, 5) is 11.0. The second kappa shape index (κ2) is 5.97. The monoisotopic (exact) mass is 272 g/mol. The molecule has 20 heavy (non-hydrogen) atoms. The molecule has 5 heteroatoms. The number of primary amides is 1. The zero-order chi connectivity index (χ0) is 14.5. The first-order valence-corrected chi connectivity index (χ1v) is 6.10. The Bertz CT molecular complexity index is 609. The molecule has 0 heterocycles. The number of carbonyl (C=O) groups is 1. The van der Waals surface area contributed by atoms with Gasteiger partial charge in [-0.05, 0) is 36.4 Å². The van der Waals surface area contributed by atoms with Crippen molar-refractivity contribution in [3.05, 3.63) is 53.6 Å². The first kappa shape index (κ1) is 13.7. The van der Waals surface area contributed by atoms with Crippen molar-refractivity contribution < 1.29 is 14.6 Å². The molecule has 0 bridgehead atoms. The van der Waals surface area contributed by atoms with Crippen molar-refractivity contribution in [1.82, 2.24) is 0 Å². The molecular weight excluding hydrogens is 256 g/mol. The van der Waals surface area contributed by atoms with Gasteiger partial charge in [0.1, 0.15) is 11.5 Å². The third kappa shape index (κ3) is 3.20. The van der Waals surface area contributed by atoms with Gasteiger partial charge in [0, 0.05) is 29.4 Å². The van der Waals surface area contributed by atoms with Crippen LogP contribution in [0.2, 0.25) is 0 Å². The molecular formula is C15H16N2O3. The Kier molecular flexibility index (Phi) is 4.10. The summed E-state index contributed by atoms with van der Waals surface area (Å²) in [5, 5.41) is 13.0. The molecule has 0 atom stereocenters. The van der Waals surface area contributed by atoms with E-state index in [0.29, 0.717) is 17.9 Å². The minimum atomic E-state index is -0.454. The van der Waals surface area contributed by atoms with Crippen LogP contribution in [0.3, 0.4) is 0 Å². The van der Waals surface area contributed by atoms with E-state index in [0.717, 1.165) is 11.3 Å². The summed E-state index contributed by atoms with van der Waals surface area (Å²) in [6.07, 6.45) is 0. The Morgan fingerprint density at radius 1 is 1.25 bits per heavy atom. The number of phenolic OH excluding ortho intramolecular Hbond substituents is 1. The van der Waals surface area contributed by atoms with Gasteiger partial charge >= 0.3 is 0 Å². The zero-order valence-corrected chi connectivity index (χ0v) is 11.1. The first-order valence-electron chi connectivity index (χ1n) is 6.10. The van der Waals surface area contributed by atoms with Crippen LogP contribution in [0.15, 0.2) is 42.5 Å². The molecule has 0 unspecified atom stereocenters. The van der Waals surface area contributed by atoms with E-state index in [2.05, 4.69) is 5.32 Å². The topological polar surface area (TPSA) is 84.6 Å². The Balaban J connectivity index is 2.03. The molecule has 104 valence electrons. The molecule has 0 aliphatic heterocycles. The lowest BCUT2D eigenvalue weighted by atomic mass is 10.1. The molecule has 0 spiro atoms. The zero-order valence-electron chi connectivity index (χ0n) is 11.1. The largest absolute Gasteiger partial charge is 0.507 e. The maximum atomic E-state index is 11.0. The number of anilines is 1. The van der Waals surface area contributed by atoms with Crippen LogP contribution in [0.1, 0.15) is 15.9 Å². The minimum Gasteiger partial charge on any atom is -0.507 e. The highest BCUT2D eigenvalue weighted by Gasteiger charge is 2.04. The molecule has 2 aromatic carbocycles. The highest BCUT2D eigenvalue weighted by Crippen LogP contribution is 2.24. The van der Waals surface area contributed by atoms with Gasteiger partial charge < -0.3 is 20.9 Å². The number of benzene rings is 2. The van der Waals surface area contributed by atoms with E-state index in [4.69, 9.17) is 10.5 Å². The van der Waals surface area contributed by atoms with Crippen LogP contribution in [0, 0.1) is 0 Å². The first-order chi connectivity index (χ1) is 9.60. The molecule has 0 aliphatic rings. The van der Waals surface area contributed by atoms with Crippen molar-refractivity contribution in [3.8, 4) is 11.5 Å². The van der Waals surface area contributed by atoms with Gasteiger partial charge in [-0.1, -0.05) is 0 Å². The van der Waals surface area contributed by atoms with Crippen LogP contribution >= 0.6 is 0 Å². The van der Waals surface area contributed by atoms with Crippen molar-refractivity contribution in [2.75, 3.05) is 12.4 Å². The number of amides is 1. The van der Waals surface area contributed by atoms with Crippen LogP contribution in [0.5, 0.6) is 11.5 Å². The Morgan fingerprint density at radius 3 is 2.50 bits per heavy atom. The molecule has 0 radical (unpaired) electrons. The smallest absolute Gasteiger partial charge is 0.248 e. The molecule has 0 fully saturated rings. The lowest BCUT2D eigenvalue weighted by Gasteiger charge is -2.09. The second-order valence-electron chi connectivity index (χ2n) is 4.29. The molecule has 1 amide bonds. The number of methoxy groups -OCH3 is 1. The third-order valence-electron chi connectivity index (χ3n) is 2.94. The number of hydrogen-bond donors (Lipinski definition) is 3. The summed E-state index contributed by atoms with van der Waals surface area (Å²) in [7, 11) is 1.55. The molecule has 2 aromatic rings. The SMILES string of the molecule is COc1ccc(CNc2ccc(C(N)=O)cc2)c(O)c1. The van der Waals surface area contributed by atoms with Crippen molar-refractivity contribution in [3.63, 3.8) is 0 Å². The highest BCUT2D eigenvalue weighted by molar-refractivity contribution is 5.93. The average Bonchev–Trinajstić information content (AvgIpc) is 2.46. The number of ether oxygens (including phenoxy) is 1. The van der Waals surface area contributed by atoms with Gasteiger partial charge in [-0.2, -0.15) is 0 Å². The standard InChI is InChI=1S/C15H16N2O3/c1-20-13-7-4-11(14(18)8-13)9-17-12-5-2-10(3-6-12)15(16)19/h2-8,17-18H,9H2,1H3,(H2,16,19). The fourth-order valence-electron chi connectivity index (χ4n) is 1.77. The summed E-state index contributed by atoms with van der Waals surface area (Å²) in [5.74, 6) is 0.326. The molecule has 0 aliphatic carbocycles. The molecule has 5 nitrogen and oxygen atoms in total.